The van der Waals surface area contributed by atoms with Gasteiger partial charge in [-0.25, -0.2) is 0 Å². The molecule has 1 heterocycles. The fourth-order valence-electron chi connectivity index (χ4n) is 1.98. The number of rotatable bonds is 1. The monoisotopic (exact) mass is 177 g/mol. The SMILES string of the molecule is COc1cc(C)nc2c1CCCC2. The van der Waals surface area contributed by atoms with Gasteiger partial charge in [0, 0.05) is 23.0 Å². The van der Waals surface area contributed by atoms with Crippen molar-refractivity contribution in [2.24, 2.45) is 0 Å². The number of methoxy groups -OCH3 is 1. The predicted molar refractivity (Wildman–Crippen MR) is 52.2 cm³/mol. The van der Waals surface area contributed by atoms with Crippen molar-refractivity contribution < 1.29 is 4.74 Å². The second-order valence-corrected chi connectivity index (χ2v) is 3.60. The van der Waals surface area contributed by atoms with E-state index in [0.717, 1.165) is 24.3 Å². The molecule has 70 valence electrons. The van der Waals surface area contributed by atoms with E-state index in [9.17, 15) is 0 Å². The summed E-state index contributed by atoms with van der Waals surface area (Å²) in [4.78, 5) is 4.54. The Morgan fingerprint density at radius 1 is 1.31 bits per heavy atom. The van der Waals surface area contributed by atoms with Crippen LogP contribution in [0.2, 0.25) is 0 Å². The number of pyridine rings is 1. The highest BCUT2D eigenvalue weighted by molar-refractivity contribution is 5.39. The Kier molecular flexibility index (Phi) is 2.21. The fourth-order valence-corrected chi connectivity index (χ4v) is 1.98. The first-order valence-electron chi connectivity index (χ1n) is 4.84. The van der Waals surface area contributed by atoms with E-state index < -0.39 is 0 Å². The van der Waals surface area contributed by atoms with Gasteiger partial charge in [0.25, 0.3) is 0 Å². The van der Waals surface area contributed by atoms with Crippen LogP contribution in [0.5, 0.6) is 5.75 Å². The molecule has 0 radical (unpaired) electrons. The molecule has 0 saturated heterocycles. The minimum Gasteiger partial charge on any atom is -0.496 e. The quantitative estimate of drug-likeness (QED) is 0.656. The molecule has 2 rings (SSSR count). The number of nitrogens with zero attached hydrogens (tertiary/aromatic N) is 1. The van der Waals surface area contributed by atoms with E-state index in [4.69, 9.17) is 4.74 Å². The Morgan fingerprint density at radius 3 is 2.85 bits per heavy atom. The summed E-state index contributed by atoms with van der Waals surface area (Å²) < 4.78 is 5.35. The lowest BCUT2D eigenvalue weighted by Gasteiger charge is -2.18. The van der Waals surface area contributed by atoms with Crippen molar-refractivity contribution in [3.8, 4) is 5.75 Å². The Labute approximate surface area is 78.9 Å². The number of hydrogen-bond donors (Lipinski definition) is 0. The zero-order valence-electron chi connectivity index (χ0n) is 8.26. The Bertz CT molecular complexity index is 303. The Balaban J connectivity index is 2.50. The van der Waals surface area contributed by atoms with Gasteiger partial charge >= 0.3 is 0 Å². The molecular weight excluding hydrogens is 162 g/mol. The van der Waals surface area contributed by atoms with Crippen LogP contribution >= 0.6 is 0 Å². The third kappa shape index (κ3) is 1.53. The summed E-state index contributed by atoms with van der Waals surface area (Å²) in [6.45, 7) is 2.03. The van der Waals surface area contributed by atoms with Crippen LogP contribution in [-0.2, 0) is 12.8 Å². The number of fused-ring (bicyclic) bond motifs is 1. The molecule has 0 N–H and O–H groups in total. The number of ether oxygens (including phenoxy) is 1. The van der Waals surface area contributed by atoms with Crippen molar-refractivity contribution in [2.45, 2.75) is 32.6 Å². The van der Waals surface area contributed by atoms with Crippen molar-refractivity contribution in [3.63, 3.8) is 0 Å². The molecule has 0 amide bonds. The molecule has 0 saturated carbocycles. The van der Waals surface area contributed by atoms with Crippen molar-refractivity contribution in [2.75, 3.05) is 7.11 Å². The molecule has 0 aliphatic heterocycles. The van der Waals surface area contributed by atoms with Crippen molar-refractivity contribution >= 4 is 0 Å². The highest BCUT2D eigenvalue weighted by Gasteiger charge is 2.15. The minimum atomic E-state index is 1.03. The molecular formula is C11H15NO. The van der Waals surface area contributed by atoms with Crippen LogP contribution in [0, 0.1) is 6.92 Å². The van der Waals surface area contributed by atoms with Crippen molar-refractivity contribution in [1.82, 2.24) is 4.98 Å². The average molecular weight is 177 g/mol. The summed E-state index contributed by atoms with van der Waals surface area (Å²) in [7, 11) is 1.74. The summed E-state index contributed by atoms with van der Waals surface area (Å²) in [5.41, 5.74) is 3.65. The molecule has 0 bridgehead atoms. The first kappa shape index (κ1) is 8.54. The Morgan fingerprint density at radius 2 is 2.08 bits per heavy atom. The van der Waals surface area contributed by atoms with Crippen LogP contribution in [0.4, 0.5) is 0 Å². The molecule has 1 aromatic rings. The third-order valence-electron chi connectivity index (χ3n) is 2.61. The summed E-state index contributed by atoms with van der Waals surface area (Å²) in [6.07, 6.45) is 4.79. The molecule has 1 aliphatic rings. The average Bonchev–Trinajstić information content (AvgIpc) is 2.16. The van der Waals surface area contributed by atoms with E-state index in [1.807, 2.05) is 13.0 Å². The van der Waals surface area contributed by atoms with E-state index in [1.165, 1.54) is 24.1 Å². The van der Waals surface area contributed by atoms with Crippen LogP contribution in [0.15, 0.2) is 6.07 Å². The summed E-state index contributed by atoms with van der Waals surface area (Å²) in [6, 6.07) is 2.03. The first-order valence-corrected chi connectivity index (χ1v) is 4.84. The first-order chi connectivity index (χ1) is 6.31. The summed E-state index contributed by atoms with van der Waals surface area (Å²) in [5.74, 6) is 1.03. The highest BCUT2D eigenvalue weighted by Crippen LogP contribution is 2.28. The van der Waals surface area contributed by atoms with E-state index >= 15 is 0 Å². The molecule has 2 nitrogen and oxygen atoms in total. The standard InChI is InChI=1S/C11H15NO/c1-8-7-11(13-2)9-5-3-4-6-10(9)12-8/h7H,3-6H2,1-2H3. The molecule has 0 spiro atoms. The van der Waals surface area contributed by atoms with Crippen LogP contribution in [0.3, 0.4) is 0 Å². The normalized spacial score (nSPS) is 15.2. The lowest BCUT2D eigenvalue weighted by atomic mass is 9.95. The topological polar surface area (TPSA) is 22.1 Å². The molecule has 0 atom stereocenters. The molecule has 2 heteroatoms. The van der Waals surface area contributed by atoms with Gasteiger partial charge in [-0.05, 0) is 32.6 Å². The van der Waals surface area contributed by atoms with Crippen molar-refractivity contribution in [3.05, 3.63) is 23.0 Å². The van der Waals surface area contributed by atoms with Gasteiger partial charge in [-0.3, -0.25) is 4.98 Å². The maximum absolute atomic E-state index is 5.35. The number of aryl methyl sites for hydroxylation is 2. The van der Waals surface area contributed by atoms with Gasteiger partial charge < -0.3 is 4.74 Å². The van der Waals surface area contributed by atoms with Gasteiger partial charge in [-0.2, -0.15) is 0 Å². The van der Waals surface area contributed by atoms with Crippen molar-refractivity contribution in [1.29, 1.82) is 0 Å². The number of hydrogen-bond acceptors (Lipinski definition) is 2. The summed E-state index contributed by atoms with van der Waals surface area (Å²) in [5, 5.41) is 0. The van der Waals surface area contributed by atoms with E-state index in [2.05, 4.69) is 4.98 Å². The van der Waals surface area contributed by atoms with Crippen LogP contribution in [-0.4, -0.2) is 12.1 Å². The van der Waals surface area contributed by atoms with Gasteiger partial charge in [0.1, 0.15) is 5.75 Å². The molecule has 1 aliphatic carbocycles. The second kappa shape index (κ2) is 3.36. The smallest absolute Gasteiger partial charge is 0.125 e. The van der Waals surface area contributed by atoms with Crippen LogP contribution < -0.4 is 4.74 Å². The van der Waals surface area contributed by atoms with E-state index in [1.54, 1.807) is 7.11 Å². The van der Waals surface area contributed by atoms with Gasteiger partial charge in [-0.1, -0.05) is 0 Å². The third-order valence-corrected chi connectivity index (χ3v) is 2.61. The fraction of sp³-hybridized carbons (Fsp3) is 0.545. The van der Waals surface area contributed by atoms with Gasteiger partial charge in [-0.15, -0.1) is 0 Å². The van der Waals surface area contributed by atoms with Gasteiger partial charge in [0.05, 0.1) is 7.11 Å². The second-order valence-electron chi connectivity index (χ2n) is 3.60. The molecule has 1 aromatic heterocycles. The Hall–Kier alpha value is -1.05. The maximum atomic E-state index is 5.35. The van der Waals surface area contributed by atoms with Crippen LogP contribution in [0.25, 0.3) is 0 Å². The highest BCUT2D eigenvalue weighted by atomic mass is 16.5. The zero-order valence-corrected chi connectivity index (χ0v) is 8.26. The van der Waals surface area contributed by atoms with E-state index in [-0.39, 0.29) is 0 Å². The predicted octanol–water partition coefficient (Wildman–Crippen LogP) is 2.28. The lowest BCUT2D eigenvalue weighted by molar-refractivity contribution is 0.404. The number of aromatic nitrogens is 1. The molecule has 0 fully saturated rings. The molecule has 0 unspecified atom stereocenters. The zero-order chi connectivity index (χ0) is 9.26. The van der Waals surface area contributed by atoms with Gasteiger partial charge in [0.15, 0.2) is 0 Å². The largest absolute Gasteiger partial charge is 0.496 e. The molecule has 0 aromatic carbocycles. The van der Waals surface area contributed by atoms with E-state index in [0.29, 0.717) is 0 Å². The maximum Gasteiger partial charge on any atom is 0.125 e. The lowest BCUT2D eigenvalue weighted by Crippen LogP contribution is -2.08. The molecule has 13 heavy (non-hydrogen) atoms. The van der Waals surface area contributed by atoms with Crippen LogP contribution in [0.1, 0.15) is 29.8 Å². The minimum absolute atomic E-state index is 1.03. The van der Waals surface area contributed by atoms with Gasteiger partial charge in [0.2, 0.25) is 0 Å². The summed E-state index contributed by atoms with van der Waals surface area (Å²) >= 11 is 0.